The molecule has 0 spiro atoms. The number of carbonyl (C=O) groups excluding carboxylic acids is 2. The second kappa shape index (κ2) is 3.23. The fourth-order valence-corrected chi connectivity index (χ4v) is 1.30. The van der Waals surface area contributed by atoms with E-state index in [1.807, 2.05) is 0 Å². The van der Waals surface area contributed by atoms with E-state index in [1.165, 1.54) is 0 Å². The van der Waals surface area contributed by atoms with Gasteiger partial charge < -0.3 is 4.74 Å². The molecular formula is C8H13NO3. The Kier molecular flexibility index (Phi) is 2.47. The maximum atomic E-state index is 11.2. The number of ketones is 1. The monoisotopic (exact) mass is 171 g/mol. The first-order valence-electron chi connectivity index (χ1n) is 4.12. The van der Waals surface area contributed by atoms with Gasteiger partial charge in [0.1, 0.15) is 0 Å². The van der Waals surface area contributed by atoms with Crippen LogP contribution in [0.4, 0.5) is 0 Å². The van der Waals surface area contributed by atoms with Gasteiger partial charge in [0.05, 0.1) is 0 Å². The molecule has 1 unspecified atom stereocenters. The number of hydrogen-bond acceptors (Lipinski definition) is 4. The second-order valence-electron chi connectivity index (χ2n) is 2.99. The molecule has 1 fully saturated rings. The Morgan fingerprint density at radius 1 is 1.75 bits per heavy atom. The van der Waals surface area contributed by atoms with Crippen LogP contribution in [-0.4, -0.2) is 17.5 Å². The molecule has 0 amide bonds. The molecule has 1 aliphatic heterocycles. The fourth-order valence-electron chi connectivity index (χ4n) is 1.30. The summed E-state index contributed by atoms with van der Waals surface area (Å²) in [4.78, 5) is 22.1. The first-order chi connectivity index (χ1) is 5.58. The van der Waals surface area contributed by atoms with Crippen molar-refractivity contribution in [1.29, 1.82) is 0 Å². The summed E-state index contributed by atoms with van der Waals surface area (Å²) in [6.07, 6.45) is 1.77. The second-order valence-corrected chi connectivity index (χ2v) is 2.99. The Labute approximate surface area is 71.1 Å². The lowest BCUT2D eigenvalue weighted by Gasteiger charge is -2.30. The summed E-state index contributed by atoms with van der Waals surface area (Å²) in [5.41, 5.74) is 4.28. The molecule has 4 heteroatoms. The van der Waals surface area contributed by atoms with Crippen molar-refractivity contribution in [1.82, 2.24) is 0 Å². The van der Waals surface area contributed by atoms with E-state index < -0.39 is 5.72 Å². The number of nitrogens with two attached hydrogens (primary N) is 1. The molecule has 4 nitrogen and oxygen atoms in total. The van der Waals surface area contributed by atoms with Gasteiger partial charge in [-0.2, -0.15) is 0 Å². The van der Waals surface area contributed by atoms with E-state index in [0.717, 1.165) is 0 Å². The smallest absolute Gasteiger partial charge is 0.307 e. The summed E-state index contributed by atoms with van der Waals surface area (Å²) < 4.78 is 4.82. The lowest BCUT2D eigenvalue weighted by atomic mass is 9.97. The van der Waals surface area contributed by atoms with Crippen LogP contribution in [0.2, 0.25) is 0 Å². The lowest BCUT2D eigenvalue weighted by Crippen LogP contribution is -2.53. The predicted octanol–water partition coefficient (Wildman–Crippen LogP) is 0.348. The molecule has 1 atom stereocenters. The number of ether oxygens (including phenoxy) is 1. The summed E-state index contributed by atoms with van der Waals surface area (Å²) in [7, 11) is 0. The zero-order chi connectivity index (χ0) is 9.19. The average Bonchev–Trinajstić information content (AvgIpc) is 2.02. The third-order valence-corrected chi connectivity index (χ3v) is 2.02. The van der Waals surface area contributed by atoms with Gasteiger partial charge in [-0.1, -0.05) is 6.92 Å². The molecule has 0 aromatic heterocycles. The highest BCUT2D eigenvalue weighted by Crippen LogP contribution is 2.22. The van der Waals surface area contributed by atoms with E-state index in [9.17, 15) is 9.59 Å². The Morgan fingerprint density at radius 3 is 2.92 bits per heavy atom. The highest BCUT2D eigenvalue weighted by atomic mass is 16.6. The van der Waals surface area contributed by atoms with Gasteiger partial charge >= 0.3 is 5.97 Å². The Bertz CT molecular complexity index is 214. The Hall–Kier alpha value is -0.900. The highest BCUT2D eigenvalue weighted by Gasteiger charge is 2.39. The summed E-state index contributed by atoms with van der Waals surface area (Å²) in [5, 5.41) is 0. The van der Waals surface area contributed by atoms with Crippen LogP contribution < -0.4 is 5.73 Å². The third-order valence-electron chi connectivity index (χ3n) is 2.02. The fraction of sp³-hybridized carbons (Fsp3) is 0.750. The molecule has 1 heterocycles. The molecule has 68 valence electrons. The van der Waals surface area contributed by atoms with Crippen LogP contribution in [0.3, 0.4) is 0 Å². The van der Waals surface area contributed by atoms with Crippen molar-refractivity contribution < 1.29 is 14.3 Å². The van der Waals surface area contributed by atoms with Crippen molar-refractivity contribution in [3.8, 4) is 0 Å². The molecule has 0 aromatic rings. The first kappa shape index (κ1) is 9.19. The van der Waals surface area contributed by atoms with Gasteiger partial charge in [-0.05, 0) is 6.42 Å². The summed E-state index contributed by atoms with van der Waals surface area (Å²) >= 11 is 0. The molecule has 1 saturated heterocycles. The molecule has 0 aromatic carbocycles. The number of carbonyl (C=O) groups is 2. The van der Waals surface area contributed by atoms with Gasteiger partial charge in [-0.3, -0.25) is 15.3 Å². The minimum Gasteiger partial charge on any atom is -0.437 e. The molecular weight excluding hydrogens is 158 g/mol. The first-order valence-corrected chi connectivity index (χ1v) is 4.12. The van der Waals surface area contributed by atoms with Gasteiger partial charge in [0.2, 0.25) is 5.72 Å². The average molecular weight is 171 g/mol. The lowest BCUT2D eigenvalue weighted by molar-refractivity contribution is -0.173. The Balaban J connectivity index is 2.69. The van der Waals surface area contributed by atoms with Crippen molar-refractivity contribution in [3.63, 3.8) is 0 Å². The van der Waals surface area contributed by atoms with Crippen molar-refractivity contribution in [3.05, 3.63) is 0 Å². The number of cyclic esters (lactones) is 1. The molecule has 12 heavy (non-hydrogen) atoms. The molecule has 0 aliphatic carbocycles. The number of Topliss-reactive ketones (excluding diaryl/α,β-unsaturated/α-hetero) is 1. The molecule has 1 rings (SSSR count). The Morgan fingerprint density at radius 2 is 2.42 bits per heavy atom. The van der Waals surface area contributed by atoms with Crippen molar-refractivity contribution >= 4 is 11.8 Å². The van der Waals surface area contributed by atoms with E-state index in [-0.39, 0.29) is 11.8 Å². The molecule has 1 aliphatic rings. The van der Waals surface area contributed by atoms with Gasteiger partial charge in [-0.25, -0.2) is 0 Å². The predicted molar refractivity (Wildman–Crippen MR) is 42.2 cm³/mol. The number of esters is 1. The zero-order valence-corrected chi connectivity index (χ0v) is 7.13. The maximum Gasteiger partial charge on any atom is 0.307 e. The van der Waals surface area contributed by atoms with Crippen LogP contribution >= 0.6 is 0 Å². The minimum absolute atomic E-state index is 0.199. The van der Waals surface area contributed by atoms with E-state index in [4.69, 9.17) is 10.5 Å². The number of rotatable bonds is 2. The van der Waals surface area contributed by atoms with Gasteiger partial charge in [0.25, 0.3) is 0 Å². The summed E-state index contributed by atoms with van der Waals surface area (Å²) in [6.45, 7) is 1.71. The van der Waals surface area contributed by atoms with Crippen LogP contribution in [0.15, 0.2) is 0 Å². The summed E-state index contributed by atoms with van der Waals surface area (Å²) in [6, 6.07) is 0. The van der Waals surface area contributed by atoms with Crippen LogP contribution in [-0.2, 0) is 14.3 Å². The van der Waals surface area contributed by atoms with Crippen molar-refractivity contribution in [2.45, 2.75) is 38.3 Å². The highest BCUT2D eigenvalue weighted by molar-refractivity contribution is 5.89. The number of hydrogen-bond donors (Lipinski definition) is 1. The van der Waals surface area contributed by atoms with E-state index in [0.29, 0.717) is 25.7 Å². The van der Waals surface area contributed by atoms with Crippen molar-refractivity contribution in [2.24, 2.45) is 5.73 Å². The molecule has 0 bridgehead atoms. The normalized spacial score (nSPS) is 29.7. The largest absolute Gasteiger partial charge is 0.437 e. The van der Waals surface area contributed by atoms with Crippen LogP contribution in [0.25, 0.3) is 0 Å². The van der Waals surface area contributed by atoms with Crippen LogP contribution in [0, 0.1) is 0 Å². The van der Waals surface area contributed by atoms with E-state index in [2.05, 4.69) is 0 Å². The molecule has 0 radical (unpaired) electrons. The van der Waals surface area contributed by atoms with Crippen molar-refractivity contribution in [2.75, 3.05) is 0 Å². The van der Waals surface area contributed by atoms with Gasteiger partial charge in [0, 0.05) is 19.3 Å². The molecule has 0 saturated carbocycles. The third kappa shape index (κ3) is 1.64. The standard InChI is InChI=1S/C8H13NO3/c1-2-6(10)8(9)5-3-4-7(11)12-8/h2-5,9H2,1H3. The SMILES string of the molecule is CCC(=O)C1(N)CCCC(=O)O1. The minimum atomic E-state index is -1.33. The molecule has 2 N–H and O–H groups in total. The quantitative estimate of drug-likeness (QED) is 0.608. The van der Waals surface area contributed by atoms with Gasteiger partial charge in [0.15, 0.2) is 5.78 Å². The van der Waals surface area contributed by atoms with Gasteiger partial charge in [-0.15, -0.1) is 0 Å². The van der Waals surface area contributed by atoms with Crippen LogP contribution in [0.5, 0.6) is 0 Å². The van der Waals surface area contributed by atoms with E-state index >= 15 is 0 Å². The van der Waals surface area contributed by atoms with E-state index in [1.54, 1.807) is 6.92 Å². The zero-order valence-electron chi connectivity index (χ0n) is 7.13. The van der Waals surface area contributed by atoms with Crippen LogP contribution in [0.1, 0.15) is 32.6 Å². The maximum absolute atomic E-state index is 11.2. The summed E-state index contributed by atoms with van der Waals surface area (Å²) in [5.74, 6) is -0.568. The topological polar surface area (TPSA) is 69.4 Å².